The van der Waals surface area contributed by atoms with Gasteiger partial charge in [-0.2, -0.15) is 4.98 Å². The lowest BCUT2D eigenvalue weighted by molar-refractivity contribution is 0.0968. The van der Waals surface area contributed by atoms with Gasteiger partial charge < -0.3 is 20.5 Å². The minimum absolute atomic E-state index is 0.171. The molecule has 0 radical (unpaired) electrons. The molecule has 0 saturated heterocycles. The molecule has 162 valence electrons. The van der Waals surface area contributed by atoms with Gasteiger partial charge in [-0.15, -0.1) is 11.3 Å². The molecule has 0 atom stereocenters. The van der Waals surface area contributed by atoms with Gasteiger partial charge in [0.25, 0.3) is 5.91 Å². The number of amides is 1. The minimum Gasteiger partial charge on any atom is -0.354 e. The number of hydrogen-bond acceptors (Lipinski definition) is 7. The Hall–Kier alpha value is -3.43. The zero-order valence-electron chi connectivity index (χ0n) is 17.2. The summed E-state index contributed by atoms with van der Waals surface area (Å²) in [6, 6.07) is 8.05. The number of anilines is 4. The molecule has 0 unspecified atom stereocenters. The van der Waals surface area contributed by atoms with Gasteiger partial charge in [0.1, 0.15) is 15.7 Å². The number of nitrogens with one attached hydrogen (secondary N) is 3. The maximum atomic E-state index is 12.1. The number of hydrogen-bond donors (Lipinski definition) is 3. The molecule has 4 aromatic rings. The summed E-state index contributed by atoms with van der Waals surface area (Å²) >= 11 is 7.66. The predicted molar refractivity (Wildman–Crippen MR) is 127 cm³/mol. The molecule has 5 rings (SSSR count). The van der Waals surface area contributed by atoms with Gasteiger partial charge in [-0.1, -0.05) is 17.7 Å². The molecule has 1 amide bonds. The third-order valence-corrected chi connectivity index (χ3v) is 6.45. The summed E-state index contributed by atoms with van der Waals surface area (Å²) in [5.74, 6) is 1.71. The van der Waals surface area contributed by atoms with E-state index in [4.69, 9.17) is 11.6 Å². The molecule has 32 heavy (non-hydrogen) atoms. The Morgan fingerprint density at radius 3 is 2.97 bits per heavy atom. The zero-order valence-corrected chi connectivity index (χ0v) is 18.8. The van der Waals surface area contributed by atoms with Gasteiger partial charge in [-0.25, -0.2) is 9.97 Å². The number of benzene rings is 1. The fourth-order valence-electron chi connectivity index (χ4n) is 3.72. The number of aryl methyl sites for hydroxylation is 2. The highest BCUT2D eigenvalue weighted by molar-refractivity contribution is 7.12. The van der Waals surface area contributed by atoms with Crippen molar-refractivity contribution in [2.24, 2.45) is 0 Å². The van der Waals surface area contributed by atoms with E-state index in [-0.39, 0.29) is 5.91 Å². The molecule has 3 N–H and O–H groups in total. The van der Waals surface area contributed by atoms with E-state index in [0.717, 1.165) is 36.5 Å². The number of aromatic nitrogens is 4. The molecule has 10 heteroatoms. The lowest BCUT2D eigenvalue weighted by Gasteiger charge is -2.13. The molecule has 8 nitrogen and oxygen atoms in total. The van der Waals surface area contributed by atoms with Crippen LogP contribution < -0.4 is 16.0 Å². The van der Waals surface area contributed by atoms with Gasteiger partial charge in [0, 0.05) is 31.5 Å². The van der Waals surface area contributed by atoms with Crippen LogP contribution in [0.4, 0.5) is 23.1 Å². The summed E-state index contributed by atoms with van der Waals surface area (Å²) < 4.78 is 2.14. The molecule has 0 spiro atoms. The van der Waals surface area contributed by atoms with E-state index in [0.29, 0.717) is 27.4 Å². The number of thiophene rings is 1. The van der Waals surface area contributed by atoms with Crippen LogP contribution in [0.1, 0.15) is 27.5 Å². The van der Waals surface area contributed by atoms with Gasteiger partial charge in [-0.05, 0) is 42.0 Å². The lowest BCUT2D eigenvalue weighted by Crippen LogP contribution is -2.17. The SMILES string of the molecule is CNC(=O)c1sccc1Nc1nc(Nc2ccc3c(c2)-n2ccnc2CCC3)ncc1Cl. The van der Waals surface area contributed by atoms with Crippen LogP contribution in [0.15, 0.2) is 48.2 Å². The third-order valence-electron chi connectivity index (χ3n) is 5.26. The highest BCUT2D eigenvalue weighted by Gasteiger charge is 2.16. The molecule has 1 aliphatic rings. The molecule has 0 aliphatic carbocycles. The van der Waals surface area contributed by atoms with E-state index in [1.54, 1.807) is 7.05 Å². The first kappa shape index (κ1) is 20.5. The van der Waals surface area contributed by atoms with Gasteiger partial charge in [0.2, 0.25) is 5.95 Å². The molecule has 1 aliphatic heterocycles. The first-order valence-electron chi connectivity index (χ1n) is 10.1. The Labute approximate surface area is 193 Å². The predicted octanol–water partition coefficient (Wildman–Crippen LogP) is 4.71. The summed E-state index contributed by atoms with van der Waals surface area (Å²) in [6.45, 7) is 0. The second-order valence-corrected chi connectivity index (χ2v) is 8.62. The molecule has 0 saturated carbocycles. The van der Waals surface area contributed by atoms with Crippen molar-refractivity contribution in [3.05, 3.63) is 69.5 Å². The Kier molecular flexibility index (Phi) is 5.50. The summed E-state index contributed by atoms with van der Waals surface area (Å²) in [6.07, 6.45) is 8.41. The molecule has 4 heterocycles. The van der Waals surface area contributed by atoms with Gasteiger partial charge in [-0.3, -0.25) is 4.79 Å². The van der Waals surface area contributed by atoms with Gasteiger partial charge in [0.05, 0.1) is 17.6 Å². The van der Waals surface area contributed by atoms with Crippen LogP contribution in [-0.2, 0) is 12.8 Å². The minimum atomic E-state index is -0.171. The van der Waals surface area contributed by atoms with E-state index >= 15 is 0 Å². The monoisotopic (exact) mass is 465 g/mol. The van der Waals surface area contributed by atoms with E-state index in [1.807, 2.05) is 29.9 Å². The molecule has 0 bridgehead atoms. The summed E-state index contributed by atoms with van der Waals surface area (Å²) in [5, 5.41) is 11.2. The van der Waals surface area contributed by atoms with E-state index in [1.165, 1.54) is 23.1 Å². The fourth-order valence-corrected chi connectivity index (χ4v) is 4.66. The van der Waals surface area contributed by atoms with Crippen molar-refractivity contribution in [2.45, 2.75) is 19.3 Å². The van der Waals surface area contributed by atoms with Crippen molar-refractivity contribution in [1.29, 1.82) is 0 Å². The highest BCUT2D eigenvalue weighted by Crippen LogP contribution is 2.31. The second-order valence-electron chi connectivity index (χ2n) is 7.29. The van der Waals surface area contributed by atoms with Crippen LogP contribution >= 0.6 is 22.9 Å². The molecular formula is C22H20ClN7OS. The highest BCUT2D eigenvalue weighted by atomic mass is 35.5. The standard InChI is InChI=1S/C22H20ClN7OS/c1-24-21(31)19-16(7-10-32-19)28-20-15(23)12-26-22(29-20)27-14-6-5-13-3-2-4-18-25-8-9-30(18)17(13)11-14/h5-12H,2-4H2,1H3,(H,24,31)(H2,26,27,28,29). The van der Waals surface area contributed by atoms with Crippen LogP contribution in [0.5, 0.6) is 0 Å². The smallest absolute Gasteiger partial charge is 0.263 e. The summed E-state index contributed by atoms with van der Waals surface area (Å²) in [5.41, 5.74) is 3.89. The van der Waals surface area contributed by atoms with E-state index in [2.05, 4.69) is 47.6 Å². The molecule has 3 aromatic heterocycles. The van der Waals surface area contributed by atoms with Gasteiger partial charge in [0.15, 0.2) is 5.82 Å². The number of nitrogens with zero attached hydrogens (tertiary/aromatic N) is 4. The van der Waals surface area contributed by atoms with Crippen LogP contribution in [0, 0.1) is 0 Å². The Morgan fingerprint density at radius 1 is 1.19 bits per heavy atom. The topological polar surface area (TPSA) is 96.8 Å². The maximum Gasteiger partial charge on any atom is 0.263 e. The Bertz CT molecular complexity index is 1300. The van der Waals surface area contributed by atoms with Crippen molar-refractivity contribution in [2.75, 3.05) is 17.7 Å². The third kappa shape index (κ3) is 3.92. The van der Waals surface area contributed by atoms with E-state index in [9.17, 15) is 4.79 Å². The first-order valence-corrected chi connectivity index (χ1v) is 11.4. The van der Waals surface area contributed by atoms with Crippen molar-refractivity contribution in [3.8, 4) is 5.69 Å². The van der Waals surface area contributed by atoms with Crippen LogP contribution in [0.25, 0.3) is 5.69 Å². The Balaban J connectivity index is 1.42. The summed E-state index contributed by atoms with van der Waals surface area (Å²) in [7, 11) is 1.60. The molecule has 0 fully saturated rings. The number of imidazole rings is 1. The normalized spacial score (nSPS) is 12.4. The van der Waals surface area contributed by atoms with Crippen LogP contribution in [0.3, 0.4) is 0 Å². The fraction of sp³-hybridized carbons (Fsp3) is 0.182. The van der Waals surface area contributed by atoms with Crippen molar-refractivity contribution >= 4 is 52.0 Å². The number of carbonyl (C=O) groups is 1. The van der Waals surface area contributed by atoms with E-state index < -0.39 is 0 Å². The largest absolute Gasteiger partial charge is 0.354 e. The maximum absolute atomic E-state index is 12.1. The van der Waals surface area contributed by atoms with Crippen LogP contribution in [-0.4, -0.2) is 32.5 Å². The number of carbonyl (C=O) groups excluding carboxylic acids is 1. The lowest BCUT2D eigenvalue weighted by atomic mass is 10.1. The van der Waals surface area contributed by atoms with Crippen molar-refractivity contribution < 1.29 is 4.79 Å². The van der Waals surface area contributed by atoms with Crippen LogP contribution in [0.2, 0.25) is 5.02 Å². The number of fused-ring (bicyclic) bond motifs is 3. The van der Waals surface area contributed by atoms with Crippen molar-refractivity contribution in [1.82, 2.24) is 24.8 Å². The first-order chi connectivity index (χ1) is 15.6. The molecular weight excluding hydrogens is 446 g/mol. The second kappa shape index (κ2) is 8.60. The number of halogens is 1. The average Bonchev–Trinajstić information content (AvgIpc) is 3.42. The van der Waals surface area contributed by atoms with Gasteiger partial charge >= 0.3 is 0 Å². The zero-order chi connectivity index (χ0) is 22.1. The average molecular weight is 466 g/mol. The quantitative estimate of drug-likeness (QED) is 0.395. The number of rotatable bonds is 5. The Morgan fingerprint density at radius 2 is 2.09 bits per heavy atom. The summed E-state index contributed by atoms with van der Waals surface area (Å²) in [4.78, 5) is 25.9. The molecule has 1 aromatic carbocycles. The van der Waals surface area contributed by atoms with Crippen molar-refractivity contribution in [3.63, 3.8) is 0 Å².